The largest absolute Gasteiger partial charge is 0.474 e. The maximum Gasteiger partial charge on any atom is 0.213 e. The van der Waals surface area contributed by atoms with Crippen LogP contribution in [0.2, 0.25) is 5.02 Å². The minimum atomic E-state index is 0.342. The molecule has 0 radical (unpaired) electrons. The van der Waals surface area contributed by atoms with Gasteiger partial charge in [-0.2, -0.15) is 0 Å². The van der Waals surface area contributed by atoms with Crippen LogP contribution in [-0.4, -0.2) is 11.1 Å². The summed E-state index contributed by atoms with van der Waals surface area (Å²) in [6.45, 7) is 2.30. The summed E-state index contributed by atoms with van der Waals surface area (Å²) >= 11 is 5.76. The van der Waals surface area contributed by atoms with E-state index in [1.807, 2.05) is 12.1 Å². The molecule has 0 amide bonds. The number of ether oxygens (including phenoxy) is 1. The molecule has 0 aromatic carbocycles. The topological polar surface area (TPSA) is 22.1 Å². The van der Waals surface area contributed by atoms with Gasteiger partial charge in [-0.15, -0.1) is 0 Å². The smallest absolute Gasteiger partial charge is 0.213 e. The van der Waals surface area contributed by atoms with Gasteiger partial charge in [0.15, 0.2) is 0 Å². The van der Waals surface area contributed by atoms with Crippen LogP contribution in [0.4, 0.5) is 0 Å². The van der Waals surface area contributed by atoms with E-state index in [0.717, 1.165) is 18.8 Å². The third kappa shape index (κ3) is 3.10. The van der Waals surface area contributed by atoms with Gasteiger partial charge in [0, 0.05) is 12.3 Å². The second-order valence-electron chi connectivity index (χ2n) is 4.31. The predicted molar refractivity (Wildman–Crippen MR) is 61.3 cm³/mol. The normalized spacial score (nSPS) is 26.3. The maximum atomic E-state index is 5.79. The first-order valence-corrected chi connectivity index (χ1v) is 5.90. The van der Waals surface area contributed by atoms with Crippen molar-refractivity contribution in [2.75, 3.05) is 0 Å². The molecule has 1 aliphatic rings. The summed E-state index contributed by atoms with van der Waals surface area (Å²) in [5.41, 5.74) is 0. The van der Waals surface area contributed by atoms with Gasteiger partial charge in [-0.25, -0.2) is 4.98 Å². The number of halogens is 1. The standard InChI is InChI=1S/C12H16ClNO/c1-9-2-5-11(6-3-9)15-12-7-4-10(13)8-14-12/h4,7-9,11H,2-3,5-6H2,1H3. The lowest BCUT2D eigenvalue weighted by molar-refractivity contribution is 0.130. The zero-order valence-corrected chi connectivity index (χ0v) is 9.70. The Morgan fingerprint density at radius 2 is 2.00 bits per heavy atom. The Kier molecular flexibility index (Phi) is 3.47. The van der Waals surface area contributed by atoms with E-state index in [4.69, 9.17) is 16.3 Å². The first-order chi connectivity index (χ1) is 7.24. The van der Waals surface area contributed by atoms with Gasteiger partial charge in [0.2, 0.25) is 5.88 Å². The lowest BCUT2D eigenvalue weighted by atomic mass is 9.89. The van der Waals surface area contributed by atoms with Crippen molar-refractivity contribution in [2.24, 2.45) is 5.92 Å². The third-order valence-electron chi connectivity index (χ3n) is 2.95. The Hall–Kier alpha value is -0.760. The highest BCUT2D eigenvalue weighted by atomic mass is 35.5. The number of rotatable bonds is 2. The van der Waals surface area contributed by atoms with E-state index < -0.39 is 0 Å². The van der Waals surface area contributed by atoms with Gasteiger partial charge in [0.1, 0.15) is 6.10 Å². The fourth-order valence-corrected chi connectivity index (χ4v) is 2.06. The van der Waals surface area contributed by atoms with Gasteiger partial charge in [0.05, 0.1) is 5.02 Å². The number of hydrogen-bond donors (Lipinski definition) is 0. The van der Waals surface area contributed by atoms with E-state index in [0.29, 0.717) is 17.0 Å². The van der Waals surface area contributed by atoms with E-state index >= 15 is 0 Å². The molecule has 15 heavy (non-hydrogen) atoms. The molecule has 1 aromatic heterocycles. The summed E-state index contributed by atoms with van der Waals surface area (Å²) in [6, 6.07) is 3.65. The van der Waals surface area contributed by atoms with Crippen LogP contribution in [0.1, 0.15) is 32.6 Å². The molecule has 1 fully saturated rings. The first-order valence-electron chi connectivity index (χ1n) is 5.52. The van der Waals surface area contributed by atoms with Crippen molar-refractivity contribution in [1.29, 1.82) is 0 Å². The molecule has 2 nitrogen and oxygen atoms in total. The van der Waals surface area contributed by atoms with Gasteiger partial charge >= 0.3 is 0 Å². The average molecular weight is 226 g/mol. The van der Waals surface area contributed by atoms with Gasteiger partial charge < -0.3 is 4.74 Å². The van der Waals surface area contributed by atoms with Gasteiger partial charge in [-0.1, -0.05) is 18.5 Å². The minimum Gasteiger partial charge on any atom is -0.474 e. The molecule has 0 N–H and O–H groups in total. The van der Waals surface area contributed by atoms with Crippen LogP contribution >= 0.6 is 11.6 Å². The maximum absolute atomic E-state index is 5.79. The number of nitrogens with zero attached hydrogens (tertiary/aromatic N) is 1. The van der Waals surface area contributed by atoms with Crippen molar-refractivity contribution < 1.29 is 4.74 Å². The number of hydrogen-bond acceptors (Lipinski definition) is 2. The van der Waals surface area contributed by atoms with Crippen molar-refractivity contribution in [3.8, 4) is 5.88 Å². The second-order valence-corrected chi connectivity index (χ2v) is 4.75. The van der Waals surface area contributed by atoms with Gasteiger partial charge in [-0.05, 0) is 37.7 Å². The summed E-state index contributed by atoms with van der Waals surface area (Å²) < 4.78 is 5.79. The summed E-state index contributed by atoms with van der Waals surface area (Å²) in [7, 11) is 0. The number of pyridine rings is 1. The Balaban J connectivity index is 1.89. The van der Waals surface area contributed by atoms with Crippen molar-refractivity contribution in [3.05, 3.63) is 23.4 Å². The molecule has 0 unspecified atom stereocenters. The Labute approximate surface area is 95.6 Å². The molecule has 3 heteroatoms. The molecule has 0 atom stereocenters. The molecular weight excluding hydrogens is 210 g/mol. The molecule has 0 aliphatic heterocycles. The third-order valence-corrected chi connectivity index (χ3v) is 3.17. The zero-order valence-electron chi connectivity index (χ0n) is 8.95. The Morgan fingerprint density at radius 1 is 1.27 bits per heavy atom. The summed E-state index contributed by atoms with van der Waals surface area (Å²) in [5, 5.41) is 0.652. The van der Waals surface area contributed by atoms with Crippen molar-refractivity contribution in [1.82, 2.24) is 4.98 Å². The highest BCUT2D eigenvalue weighted by Gasteiger charge is 2.19. The quantitative estimate of drug-likeness (QED) is 0.766. The van der Waals surface area contributed by atoms with Crippen LogP contribution < -0.4 is 4.74 Å². The van der Waals surface area contributed by atoms with Crippen LogP contribution in [0.15, 0.2) is 18.3 Å². The molecule has 1 saturated carbocycles. The zero-order chi connectivity index (χ0) is 10.7. The fourth-order valence-electron chi connectivity index (χ4n) is 1.95. The molecule has 1 heterocycles. The Morgan fingerprint density at radius 3 is 2.60 bits per heavy atom. The SMILES string of the molecule is CC1CCC(Oc2ccc(Cl)cn2)CC1. The summed E-state index contributed by atoms with van der Waals surface area (Å²) in [4.78, 5) is 4.14. The monoisotopic (exact) mass is 225 g/mol. The second kappa shape index (κ2) is 4.84. The molecule has 2 rings (SSSR count). The van der Waals surface area contributed by atoms with Crippen molar-refractivity contribution in [2.45, 2.75) is 38.7 Å². The van der Waals surface area contributed by atoms with Crippen LogP contribution in [0.3, 0.4) is 0 Å². The van der Waals surface area contributed by atoms with Crippen LogP contribution in [0.25, 0.3) is 0 Å². The minimum absolute atomic E-state index is 0.342. The van der Waals surface area contributed by atoms with Gasteiger partial charge in [0.25, 0.3) is 0 Å². The first kappa shape index (κ1) is 10.7. The molecule has 1 aliphatic carbocycles. The van der Waals surface area contributed by atoms with E-state index in [1.165, 1.54) is 12.8 Å². The highest BCUT2D eigenvalue weighted by Crippen LogP contribution is 2.26. The van der Waals surface area contributed by atoms with E-state index in [1.54, 1.807) is 6.20 Å². The lowest BCUT2D eigenvalue weighted by Gasteiger charge is -2.26. The fraction of sp³-hybridized carbons (Fsp3) is 0.583. The van der Waals surface area contributed by atoms with E-state index in [9.17, 15) is 0 Å². The summed E-state index contributed by atoms with van der Waals surface area (Å²) in [6.07, 6.45) is 6.78. The van der Waals surface area contributed by atoms with Crippen LogP contribution in [-0.2, 0) is 0 Å². The van der Waals surface area contributed by atoms with E-state index in [2.05, 4.69) is 11.9 Å². The number of aromatic nitrogens is 1. The molecule has 1 aromatic rings. The molecular formula is C12H16ClNO. The van der Waals surface area contributed by atoms with Crippen LogP contribution in [0, 0.1) is 5.92 Å². The molecule has 0 saturated heterocycles. The molecule has 0 spiro atoms. The van der Waals surface area contributed by atoms with Crippen molar-refractivity contribution in [3.63, 3.8) is 0 Å². The Bertz CT molecular complexity index is 304. The summed E-state index contributed by atoms with van der Waals surface area (Å²) in [5.74, 6) is 1.54. The average Bonchev–Trinajstić information content (AvgIpc) is 2.25. The molecule has 0 bridgehead atoms. The highest BCUT2D eigenvalue weighted by molar-refractivity contribution is 6.30. The molecule has 82 valence electrons. The van der Waals surface area contributed by atoms with Crippen LogP contribution in [0.5, 0.6) is 5.88 Å². The predicted octanol–water partition coefficient (Wildman–Crippen LogP) is 3.69. The van der Waals surface area contributed by atoms with Gasteiger partial charge in [-0.3, -0.25) is 0 Å². The van der Waals surface area contributed by atoms with E-state index in [-0.39, 0.29) is 0 Å². The lowest BCUT2D eigenvalue weighted by Crippen LogP contribution is -2.23. The van der Waals surface area contributed by atoms with Crippen molar-refractivity contribution >= 4 is 11.6 Å².